The largest absolute Gasteiger partial charge is 0.381 e. The van der Waals surface area contributed by atoms with Gasteiger partial charge >= 0.3 is 6.03 Å². The Bertz CT molecular complexity index is 304. The van der Waals surface area contributed by atoms with Crippen LogP contribution in [0, 0.1) is 0 Å². The summed E-state index contributed by atoms with van der Waals surface area (Å²) in [5, 5.41) is 3.18. The highest BCUT2D eigenvalue weighted by Gasteiger charge is 2.48. The first-order valence-electron chi connectivity index (χ1n) is 6.01. The summed E-state index contributed by atoms with van der Waals surface area (Å²) in [5.41, 5.74) is -0.00234. The normalized spacial score (nSPS) is 37.3. The molecule has 0 radical (unpaired) electrons. The monoisotopic (exact) mass is 288 g/mol. The zero-order valence-electron chi connectivity index (χ0n) is 9.25. The molecule has 0 bridgehead atoms. The van der Waals surface area contributed by atoms with Crippen molar-refractivity contribution in [3.8, 4) is 0 Å². The molecule has 3 rings (SSSR count). The number of nitrogens with zero attached hydrogens (tertiary/aromatic N) is 1. The van der Waals surface area contributed by atoms with E-state index in [1.165, 1.54) is 6.42 Å². The number of carbonyl (C=O) groups is 1. The van der Waals surface area contributed by atoms with Gasteiger partial charge in [0, 0.05) is 30.6 Å². The zero-order chi connectivity index (χ0) is 11.2. The van der Waals surface area contributed by atoms with Gasteiger partial charge in [0.05, 0.1) is 5.54 Å². The second-order valence-corrected chi connectivity index (χ2v) is 6.29. The Morgan fingerprint density at radius 1 is 1.38 bits per heavy atom. The number of nitrogens with one attached hydrogen (secondary N) is 1. The van der Waals surface area contributed by atoms with E-state index in [0.717, 1.165) is 39.0 Å². The van der Waals surface area contributed by atoms with Crippen molar-refractivity contribution >= 4 is 22.0 Å². The number of carbonyl (C=O) groups excluding carboxylic acids is 1. The van der Waals surface area contributed by atoms with Crippen LogP contribution in [0.5, 0.6) is 0 Å². The lowest BCUT2D eigenvalue weighted by molar-refractivity contribution is 0.0439. The second kappa shape index (κ2) is 3.88. The minimum Gasteiger partial charge on any atom is -0.381 e. The van der Waals surface area contributed by atoms with Crippen molar-refractivity contribution in [1.82, 2.24) is 10.2 Å². The summed E-state index contributed by atoms with van der Waals surface area (Å²) >= 11 is 3.63. The standard InChI is InChI=1S/C11H17BrN2O2/c12-8-1-2-9(8)14-7-11(13-10(14)15)3-5-16-6-4-11/h8-9H,1-7H2,(H,13,15)/t8?,9-/m0/s1. The average Bonchev–Trinajstić information content (AvgIpc) is 2.55. The first-order chi connectivity index (χ1) is 7.70. The van der Waals surface area contributed by atoms with E-state index >= 15 is 0 Å². The molecule has 2 atom stereocenters. The maximum Gasteiger partial charge on any atom is 0.318 e. The minimum absolute atomic E-state index is 0.00234. The Kier molecular flexibility index (Phi) is 2.63. The molecule has 0 aromatic rings. The van der Waals surface area contributed by atoms with Gasteiger partial charge in [-0.1, -0.05) is 15.9 Å². The van der Waals surface area contributed by atoms with Crippen LogP contribution in [-0.4, -0.2) is 47.1 Å². The molecule has 3 fully saturated rings. The van der Waals surface area contributed by atoms with Crippen molar-refractivity contribution in [2.75, 3.05) is 19.8 Å². The smallest absolute Gasteiger partial charge is 0.318 e. The molecular weight excluding hydrogens is 272 g/mol. The molecule has 90 valence electrons. The van der Waals surface area contributed by atoms with E-state index in [9.17, 15) is 4.79 Å². The highest BCUT2D eigenvalue weighted by Crippen LogP contribution is 2.36. The number of hydrogen-bond acceptors (Lipinski definition) is 2. The van der Waals surface area contributed by atoms with Crippen LogP contribution in [0.4, 0.5) is 4.79 Å². The summed E-state index contributed by atoms with van der Waals surface area (Å²) in [6, 6.07) is 0.526. The Morgan fingerprint density at radius 2 is 2.12 bits per heavy atom. The van der Waals surface area contributed by atoms with Crippen molar-refractivity contribution < 1.29 is 9.53 Å². The van der Waals surface area contributed by atoms with Gasteiger partial charge in [-0.25, -0.2) is 4.79 Å². The van der Waals surface area contributed by atoms with E-state index in [2.05, 4.69) is 21.2 Å². The summed E-state index contributed by atoms with van der Waals surface area (Å²) in [4.78, 5) is 14.5. The molecular formula is C11H17BrN2O2. The summed E-state index contributed by atoms with van der Waals surface area (Å²) in [6.45, 7) is 2.41. The minimum atomic E-state index is -0.00234. The van der Waals surface area contributed by atoms with E-state index in [4.69, 9.17) is 4.74 Å². The topological polar surface area (TPSA) is 41.6 Å². The van der Waals surface area contributed by atoms with Crippen LogP contribution in [-0.2, 0) is 4.74 Å². The van der Waals surface area contributed by atoms with Gasteiger partial charge in [0.25, 0.3) is 0 Å². The van der Waals surface area contributed by atoms with Crippen molar-refractivity contribution in [2.24, 2.45) is 0 Å². The third-order valence-electron chi connectivity index (χ3n) is 4.11. The number of rotatable bonds is 1. The van der Waals surface area contributed by atoms with Gasteiger partial charge in [0.15, 0.2) is 0 Å². The van der Waals surface area contributed by atoms with Crippen LogP contribution >= 0.6 is 15.9 Å². The maximum absolute atomic E-state index is 12.0. The fraction of sp³-hybridized carbons (Fsp3) is 0.909. The van der Waals surface area contributed by atoms with Crippen LogP contribution in [0.2, 0.25) is 0 Å². The number of urea groups is 1. The third kappa shape index (κ3) is 1.64. The number of ether oxygens (including phenoxy) is 1. The van der Waals surface area contributed by atoms with Gasteiger partial charge in [-0.05, 0) is 25.7 Å². The van der Waals surface area contributed by atoms with Gasteiger partial charge in [-0.3, -0.25) is 0 Å². The first kappa shape index (κ1) is 10.8. The summed E-state index contributed by atoms with van der Waals surface area (Å²) in [7, 11) is 0. The van der Waals surface area contributed by atoms with E-state index in [0.29, 0.717) is 10.9 Å². The molecule has 3 aliphatic rings. The lowest BCUT2D eigenvalue weighted by atomic mass is 9.88. The summed E-state index contributed by atoms with van der Waals surface area (Å²) in [5.74, 6) is 0. The van der Waals surface area contributed by atoms with E-state index < -0.39 is 0 Å². The molecule has 16 heavy (non-hydrogen) atoms. The van der Waals surface area contributed by atoms with Crippen molar-refractivity contribution in [3.63, 3.8) is 0 Å². The molecule has 1 saturated carbocycles. The number of hydrogen-bond donors (Lipinski definition) is 1. The lowest BCUT2D eigenvalue weighted by Crippen LogP contribution is -2.50. The van der Waals surface area contributed by atoms with Gasteiger partial charge in [-0.2, -0.15) is 0 Å². The molecule has 1 spiro atoms. The van der Waals surface area contributed by atoms with Crippen LogP contribution < -0.4 is 5.32 Å². The fourth-order valence-electron chi connectivity index (χ4n) is 2.84. The first-order valence-corrected chi connectivity index (χ1v) is 6.92. The molecule has 2 aliphatic heterocycles. The summed E-state index contributed by atoms with van der Waals surface area (Å²) in [6.07, 6.45) is 4.23. The lowest BCUT2D eigenvalue weighted by Gasteiger charge is -2.40. The Hall–Kier alpha value is -0.290. The Morgan fingerprint density at radius 3 is 2.69 bits per heavy atom. The van der Waals surface area contributed by atoms with Gasteiger partial charge in [0.2, 0.25) is 0 Å². The Labute approximate surface area is 104 Å². The number of alkyl halides is 1. The molecule has 2 amide bonds. The van der Waals surface area contributed by atoms with Crippen molar-refractivity contribution in [2.45, 2.75) is 42.1 Å². The van der Waals surface area contributed by atoms with Gasteiger partial charge < -0.3 is 15.0 Å². The highest BCUT2D eigenvalue weighted by atomic mass is 79.9. The van der Waals surface area contributed by atoms with Crippen molar-refractivity contribution in [1.29, 1.82) is 0 Å². The predicted molar refractivity (Wildman–Crippen MR) is 63.8 cm³/mol. The molecule has 0 aromatic carbocycles. The number of halogens is 1. The van der Waals surface area contributed by atoms with E-state index in [1.54, 1.807) is 0 Å². The quantitative estimate of drug-likeness (QED) is 0.743. The highest BCUT2D eigenvalue weighted by molar-refractivity contribution is 9.09. The molecule has 2 saturated heterocycles. The van der Waals surface area contributed by atoms with Crippen LogP contribution in [0.15, 0.2) is 0 Å². The van der Waals surface area contributed by atoms with E-state index in [1.807, 2.05) is 4.90 Å². The second-order valence-electron chi connectivity index (χ2n) is 5.11. The van der Waals surface area contributed by atoms with Crippen LogP contribution in [0.25, 0.3) is 0 Å². The molecule has 1 aliphatic carbocycles. The predicted octanol–water partition coefficient (Wildman–Crippen LogP) is 1.49. The molecule has 1 N–H and O–H groups in total. The zero-order valence-corrected chi connectivity index (χ0v) is 10.8. The Balaban J connectivity index is 1.71. The molecule has 5 heteroatoms. The fourth-order valence-corrected chi connectivity index (χ4v) is 3.66. The van der Waals surface area contributed by atoms with Crippen LogP contribution in [0.1, 0.15) is 25.7 Å². The molecule has 1 unspecified atom stereocenters. The maximum atomic E-state index is 12.0. The molecule has 0 aromatic heterocycles. The third-order valence-corrected chi connectivity index (χ3v) is 5.18. The number of amides is 2. The average molecular weight is 289 g/mol. The van der Waals surface area contributed by atoms with E-state index in [-0.39, 0.29) is 11.6 Å². The molecule has 4 nitrogen and oxygen atoms in total. The van der Waals surface area contributed by atoms with Crippen molar-refractivity contribution in [3.05, 3.63) is 0 Å². The SMILES string of the molecule is O=C1NC2(CCOCC2)CN1[C@H]1CCC1Br. The van der Waals surface area contributed by atoms with Gasteiger partial charge in [-0.15, -0.1) is 0 Å². The van der Waals surface area contributed by atoms with Crippen LogP contribution in [0.3, 0.4) is 0 Å². The molecule has 2 heterocycles. The van der Waals surface area contributed by atoms with Gasteiger partial charge in [0.1, 0.15) is 0 Å². The summed E-state index contributed by atoms with van der Waals surface area (Å²) < 4.78 is 5.37.